The molecule has 3 aromatic carbocycles. The van der Waals surface area contributed by atoms with E-state index in [1.165, 1.54) is 27.9 Å². The summed E-state index contributed by atoms with van der Waals surface area (Å²) in [5.74, 6) is -0.135. The highest BCUT2D eigenvalue weighted by Gasteiger charge is 2.15. The molecular formula is C29H28N4O. The minimum Gasteiger partial charge on any atom is -0.340 e. The first-order valence-corrected chi connectivity index (χ1v) is 11.5. The quantitative estimate of drug-likeness (QED) is 0.341. The zero-order valence-corrected chi connectivity index (χ0v) is 19.7. The number of nitrogens with one attached hydrogen (secondary N) is 1. The Morgan fingerprint density at radius 3 is 2.38 bits per heavy atom. The summed E-state index contributed by atoms with van der Waals surface area (Å²) >= 11 is 0. The minimum atomic E-state index is -0.135. The second-order valence-corrected chi connectivity index (χ2v) is 8.88. The fourth-order valence-corrected chi connectivity index (χ4v) is 4.36. The van der Waals surface area contributed by atoms with Crippen molar-refractivity contribution in [3.8, 4) is 0 Å². The molecule has 1 N–H and O–H groups in total. The number of amides is 1. The number of hydrogen-bond donors (Lipinski definition) is 1. The van der Waals surface area contributed by atoms with Crippen LogP contribution in [-0.2, 0) is 13.1 Å². The Labute approximate surface area is 199 Å². The van der Waals surface area contributed by atoms with Crippen LogP contribution in [0.25, 0.3) is 10.9 Å². The maximum absolute atomic E-state index is 13.0. The lowest BCUT2D eigenvalue weighted by molar-refractivity contribution is 0.102. The zero-order chi connectivity index (χ0) is 23.7. The summed E-state index contributed by atoms with van der Waals surface area (Å²) in [6.07, 6.45) is 3.55. The van der Waals surface area contributed by atoms with E-state index in [1.54, 1.807) is 6.20 Å². The van der Waals surface area contributed by atoms with E-state index in [9.17, 15) is 4.79 Å². The Bertz CT molecular complexity index is 1460. The molecule has 2 heterocycles. The number of fused-ring (bicyclic) bond motifs is 1. The number of aromatic nitrogens is 3. The topological polar surface area (TPSA) is 51.9 Å². The van der Waals surface area contributed by atoms with Crippen LogP contribution in [0.1, 0.15) is 38.3 Å². The lowest BCUT2D eigenvalue weighted by Crippen LogP contribution is -2.11. The molecule has 5 rings (SSSR count). The fourth-order valence-electron chi connectivity index (χ4n) is 4.36. The smallest absolute Gasteiger partial charge is 0.255 e. The van der Waals surface area contributed by atoms with E-state index < -0.39 is 0 Å². The number of nitrogens with zero attached hydrogens (tertiary/aromatic N) is 3. The summed E-state index contributed by atoms with van der Waals surface area (Å²) in [5.41, 5.74) is 8.54. The molecule has 0 aliphatic carbocycles. The van der Waals surface area contributed by atoms with Crippen LogP contribution in [0.5, 0.6) is 0 Å². The van der Waals surface area contributed by atoms with Crippen LogP contribution in [0.4, 0.5) is 5.69 Å². The predicted octanol–water partition coefficient (Wildman–Crippen LogP) is 6.11. The molecular weight excluding hydrogens is 420 g/mol. The van der Waals surface area contributed by atoms with Crippen LogP contribution in [-0.4, -0.2) is 20.3 Å². The van der Waals surface area contributed by atoms with E-state index in [1.807, 2.05) is 35.1 Å². The van der Waals surface area contributed by atoms with Crippen molar-refractivity contribution in [3.63, 3.8) is 0 Å². The first-order chi connectivity index (χ1) is 16.5. The van der Waals surface area contributed by atoms with E-state index in [4.69, 9.17) is 0 Å². The first kappa shape index (κ1) is 21.7. The van der Waals surface area contributed by atoms with Gasteiger partial charge in [0.25, 0.3) is 5.91 Å². The maximum atomic E-state index is 13.0. The Morgan fingerprint density at radius 2 is 1.62 bits per heavy atom. The third kappa shape index (κ3) is 4.37. The summed E-state index contributed by atoms with van der Waals surface area (Å²) in [4.78, 5) is 13.0. The first-order valence-electron chi connectivity index (χ1n) is 11.5. The molecule has 5 nitrogen and oxygen atoms in total. The molecule has 5 aromatic rings. The van der Waals surface area contributed by atoms with Gasteiger partial charge in [0.05, 0.1) is 18.4 Å². The van der Waals surface area contributed by atoms with Gasteiger partial charge in [-0.1, -0.05) is 60.2 Å². The van der Waals surface area contributed by atoms with Crippen molar-refractivity contribution in [1.29, 1.82) is 0 Å². The van der Waals surface area contributed by atoms with Crippen molar-refractivity contribution in [2.24, 2.45) is 0 Å². The molecule has 0 fully saturated rings. The molecule has 0 saturated heterocycles. The van der Waals surface area contributed by atoms with Crippen molar-refractivity contribution in [2.75, 3.05) is 5.32 Å². The van der Waals surface area contributed by atoms with Gasteiger partial charge in [0, 0.05) is 34.9 Å². The number of anilines is 1. The maximum Gasteiger partial charge on any atom is 0.255 e. The van der Waals surface area contributed by atoms with Gasteiger partial charge in [-0.3, -0.25) is 9.48 Å². The Kier molecular flexibility index (Phi) is 5.76. The van der Waals surface area contributed by atoms with E-state index in [0.29, 0.717) is 17.8 Å². The lowest BCUT2D eigenvalue weighted by Gasteiger charge is -2.09. The average molecular weight is 449 g/mol. The van der Waals surface area contributed by atoms with Crippen LogP contribution in [0.2, 0.25) is 0 Å². The van der Waals surface area contributed by atoms with E-state index in [2.05, 4.69) is 84.3 Å². The molecule has 0 spiro atoms. The van der Waals surface area contributed by atoms with Crippen molar-refractivity contribution >= 4 is 22.5 Å². The highest BCUT2D eigenvalue weighted by Crippen LogP contribution is 2.27. The minimum absolute atomic E-state index is 0.135. The molecule has 5 heteroatoms. The largest absolute Gasteiger partial charge is 0.340 e. The van der Waals surface area contributed by atoms with Gasteiger partial charge in [-0.05, 0) is 55.7 Å². The van der Waals surface area contributed by atoms with Crippen molar-refractivity contribution in [1.82, 2.24) is 14.3 Å². The molecule has 2 aromatic heterocycles. The van der Waals surface area contributed by atoms with E-state index in [-0.39, 0.29) is 5.91 Å². The second kappa shape index (κ2) is 9.02. The zero-order valence-electron chi connectivity index (χ0n) is 19.7. The van der Waals surface area contributed by atoms with Gasteiger partial charge in [-0.15, -0.1) is 0 Å². The van der Waals surface area contributed by atoms with Gasteiger partial charge in [-0.25, -0.2) is 0 Å². The van der Waals surface area contributed by atoms with E-state index in [0.717, 1.165) is 17.4 Å². The molecule has 0 aliphatic heterocycles. The second-order valence-electron chi connectivity index (χ2n) is 8.88. The highest BCUT2D eigenvalue weighted by atomic mass is 16.1. The molecule has 0 radical (unpaired) electrons. The Balaban J connectivity index is 1.34. The summed E-state index contributed by atoms with van der Waals surface area (Å²) in [7, 11) is 0. The highest BCUT2D eigenvalue weighted by molar-refractivity contribution is 6.06. The van der Waals surface area contributed by atoms with Crippen LogP contribution in [0.15, 0.2) is 85.2 Å². The third-order valence-electron chi connectivity index (χ3n) is 6.44. The summed E-state index contributed by atoms with van der Waals surface area (Å²) < 4.78 is 4.15. The normalized spacial score (nSPS) is 11.1. The molecule has 0 unspecified atom stereocenters. The molecule has 0 aliphatic rings. The molecule has 0 bridgehead atoms. The van der Waals surface area contributed by atoms with Crippen LogP contribution in [0.3, 0.4) is 0 Å². The number of carbonyl (C=O) groups excluding carboxylic acids is 1. The Hall–Kier alpha value is -4.12. The van der Waals surface area contributed by atoms with Crippen molar-refractivity contribution in [2.45, 2.75) is 33.9 Å². The van der Waals surface area contributed by atoms with Crippen molar-refractivity contribution < 1.29 is 4.79 Å². The summed E-state index contributed by atoms with van der Waals surface area (Å²) in [5, 5.41) is 8.50. The number of aryl methyl sites for hydroxylation is 2. The SMILES string of the molecule is Cc1ccc(Cn2cc(NC(=O)c3ccc4c(c3)c(C)c(C)n4Cc3ccccc3)cn2)cc1. The monoisotopic (exact) mass is 448 g/mol. The average Bonchev–Trinajstić information content (AvgIpc) is 3.38. The molecule has 34 heavy (non-hydrogen) atoms. The fraction of sp³-hybridized carbons (Fsp3) is 0.172. The van der Waals surface area contributed by atoms with Crippen LogP contribution in [0, 0.1) is 20.8 Å². The molecule has 0 atom stereocenters. The van der Waals surface area contributed by atoms with Gasteiger partial charge < -0.3 is 9.88 Å². The Morgan fingerprint density at radius 1 is 0.882 bits per heavy atom. The van der Waals surface area contributed by atoms with E-state index >= 15 is 0 Å². The molecule has 0 saturated carbocycles. The number of rotatable bonds is 6. The summed E-state index contributed by atoms with van der Waals surface area (Å²) in [6, 6.07) is 24.8. The lowest BCUT2D eigenvalue weighted by atomic mass is 10.1. The number of hydrogen-bond acceptors (Lipinski definition) is 2. The van der Waals surface area contributed by atoms with Crippen LogP contribution >= 0.6 is 0 Å². The third-order valence-corrected chi connectivity index (χ3v) is 6.44. The summed E-state index contributed by atoms with van der Waals surface area (Å²) in [6.45, 7) is 7.80. The van der Waals surface area contributed by atoms with Gasteiger partial charge in [0.1, 0.15) is 0 Å². The number of benzene rings is 3. The van der Waals surface area contributed by atoms with Gasteiger partial charge in [-0.2, -0.15) is 5.10 Å². The van der Waals surface area contributed by atoms with Gasteiger partial charge in [0.2, 0.25) is 0 Å². The number of carbonyl (C=O) groups is 1. The van der Waals surface area contributed by atoms with Crippen molar-refractivity contribution in [3.05, 3.63) is 119 Å². The van der Waals surface area contributed by atoms with Gasteiger partial charge >= 0.3 is 0 Å². The predicted molar refractivity (Wildman–Crippen MR) is 137 cm³/mol. The molecule has 170 valence electrons. The van der Waals surface area contributed by atoms with Crippen LogP contribution < -0.4 is 5.32 Å². The standard InChI is InChI=1S/C29H28N4O/c1-20-9-11-24(12-10-20)17-32-19-26(16-30-32)31-29(34)25-13-14-28-27(15-25)21(2)22(3)33(28)18-23-7-5-4-6-8-23/h4-16,19H,17-18H2,1-3H3,(H,31,34). The van der Waals surface area contributed by atoms with Gasteiger partial charge in [0.15, 0.2) is 0 Å². The molecule has 1 amide bonds.